The number of ether oxygens (including phenoxy) is 2. The molecule has 9 nitrogen and oxygen atoms in total. The quantitative estimate of drug-likeness (QED) is 0.570. The van der Waals surface area contributed by atoms with Gasteiger partial charge in [0.1, 0.15) is 11.3 Å². The molecule has 1 aliphatic heterocycles. The molecule has 3 N–H and O–H groups in total. The lowest BCUT2D eigenvalue weighted by atomic mass is 10.0. The van der Waals surface area contributed by atoms with Gasteiger partial charge in [-0.2, -0.15) is 0 Å². The topological polar surface area (TPSA) is 108 Å². The van der Waals surface area contributed by atoms with E-state index in [2.05, 4.69) is 15.3 Å². The Labute approximate surface area is 161 Å². The molecule has 1 aromatic carbocycles. The minimum atomic E-state index is -0.207. The van der Waals surface area contributed by atoms with Gasteiger partial charge in [-0.1, -0.05) is 0 Å². The molecule has 0 aliphatic carbocycles. The Morgan fingerprint density at radius 3 is 2.86 bits per heavy atom. The number of aromatic amines is 1. The van der Waals surface area contributed by atoms with Crippen LogP contribution in [0, 0.1) is 5.41 Å². The van der Waals surface area contributed by atoms with E-state index in [0.29, 0.717) is 48.7 Å². The van der Waals surface area contributed by atoms with Gasteiger partial charge in [-0.3, -0.25) is 4.98 Å². The Bertz CT molecular complexity index is 1120. The van der Waals surface area contributed by atoms with Crippen molar-refractivity contribution in [2.24, 2.45) is 0 Å². The van der Waals surface area contributed by atoms with Crippen LogP contribution in [0.2, 0.25) is 0 Å². The predicted molar refractivity (Wildman–Crippen MR) is 109 cm³/mol. The number of aromatic nitrogens is 3. The van der Waals surface area contributed by atoms with Gasteiger partial charge in [0.2, 0.25) is 0 Å². The van der Waals surface area contributed by atoms with Crippen molar-refractivity contribution in [2.45, 2.75) is 0 Å². The Balaban J connectivity index is 2.04. The third-order valence-corrected chi connectivity index (χ3v) is 4.84. The summed E-state index contributed by atoms with van der Waals surface area (Å²) in [7, 11) is 3.36. The van der Waals surface area contributed by atoms with E-state index in [1.165, 1.54) is 6.21 Å². The zero-order chi connectivity index (χ0) is 19.7. The van der Waals surface area contributed by atoms with Crippen molar-refractivity contribution in [3.63, 3.8) is 0 Å². The molecule has 0 radical (unpaired) electrons. The standard InChI is InChI=1S/C19H22N6O3/c1-21-10-12(9-20)13-7-14-15(8-17(13)27-2)22-11-16-18(14)25(19(26)23-16)24-3-5-28-6-4-24/h7-11,20-21H,3-6H2,1-2H3,(H,23,26)/b12-10+,20-9?. The molecule has 1 aliphatic rings. The average molecular weight is 382 g/mol. The first-order valence-corrected chi connectivity index (χ1v) is 9.00. The van der Waals surface area contributed by atoms with Gasteiger partial charge in [-0.15, -0.1) is 0 Å². The number of fused-ring (bicyclic) bond motifs is 3. The van der Waals surface area contributed by atoms with Crippen molar-refractivity contribution in [3.05, 3.63) is 40.6 Å². The summed E-state index contributed by atoms with van der Waals surface area (Å²) >= 11 is 0. The normalized spacial score (nSPS) is 15.2. The van der Waals surface area contributed by atoms with Crippen LogP contribution in [0.4, 0.5) is 0 Å². The number of methoxy groups -OCH3 is 1. The monoisotopic (exact) mass is 382 g/mol. The van der Waals surface area contributed by atoms with Crippen LogP contribution in [0.15, 0.2) is 29.3 Å². The van der Waals surface area contributed by atoms with Crippen molar-refractivity contribution in [1.82, 2.24) is 20.0 Å². The number of pyridine rings is 1. The first kappa shape index (κ1) is 18.1. The smallest absolute Gasteiger partial charge is 0.345 e. The molecule has 0 atom stereocenters. The minimum absolute atomic E-state index is 0.207. The summed E-state index contributed by atoms with van der Waals surface area (Å²) in [6.07, 6.45) is 4.66. The van der Waals surface area contributed by atoms with E-state index in [0.717, 1.165) is 16.5 Å². The Kier molecular flexibility index (Phi) is 4.74. The van der Waals surface area contributed by atoms with Gasteiger partial charge < -0.3 is 30.2 Å². The summed E-state index contributed by atoms with van der Waals surface area (Å²) in [5.41, 5.74) is 3.33. The molecule has 3 heterocycles. The Hall–Kier alpha value is -3.33. The highest BCUT2D eigenvalue weighted by Crippen LogP contribution is 2.32. The van der Waals surface area contributed by atoms with Gasteiger partial charge >= 0.3 is 5.69 Å². The number of nitrogens with zero attached hydrogens (tertiary/aromatic N) is 3. The van der Waals surface area contributed by atoms with Gasteiger partial charge in [-0.25, -0.2) is 9.47 Å². The van der Waals surface area contributed by atoms with E-state index in [1.807, 2.05) is 17.1 Å². The molecule has 2 aromatic heterocycles. The summed E-state index contributed by atoms with van der Waals surface area (Å²) in [4.78, 5) is 20.1. The molecule has 28 heavy (non-hydrogen) atoms. The van der Waals surface area contributed by atoms with Crippen LogP contribution in [0.25, 0.3) is 27.5 Å². The highest BCUT2D eigenvalue weighted by atomic mass is 16.5. The molecule has 3 aromatic rings. The highest BCUT2D eigenvalue weighted by Gasteiger charge is 2.20. The molecule has 9 heteroatoms. The molecule has 0 saturated carbocycles. The molecular weight excluding hydrogens is 360 g/mol. The maximum Gasteiger partial charge on any atom is 0.345 e. The lowest BCUT2D eigenvalue weighted by Crippen LogP contribution is -2.48. The summed E-state index contributed by atoms with van der Waals surface area (Å²) in [6.45, 7) is 2.41. The predicted octanol–water partition coefficient (Wildman–Crippen LogP) is 1.06. The van der Waals surface area contributed by atoms with Crippen LogP contribution in [0.3, 0.4) is 0 Å². The molecule has 0 spiro atoms. The molecular formula is C19H22N6O3. The summed E-state index contributed by atoms with van der Waals surface area (Å²) in [5, 5.41) is 13.5. The minimum Gasteiger partial charge on any atom is -0.496 e. The van der Waals surface area contributed by atoms with Crippen LogP contribution >= 0.6 is 0 Å². The number of hydrogen-bond donors (Lipinski definition) is 3. The fraction of sp³-hybridized carbons (Fsp3) is 0.316. The van der Waals surface area contributed by atoms with E-state index < -0.39 is 0 Å². The fourth-order valence-corrected chi connectivity index (χ4v) is 3.57. The van der Waals surface area contributed by atoms with Crippen molar-refractivity contribution in [1.29, 1.82) is 5.41 Å². The van der Waals surface area contributed by atoms with Crippen molar-refractivity contribution >= 4 is 33.7 Å². The zero-order valence-electron chi connectivity index (χ0n) is 15.8. The van der Waals surface area contributed by atoms with E-state index in [1.54, 1.807) is 31.2 Å². The number of morpholine rings is 1. The zero-order valence-corrected chi connectivity index (χ0v) is 15.8. The van der Waals surface area contributed by atoms with Crippen molar-refractivity contribution in [3.8, 4) is 5.75 Å². The second-order valence-corrected chi connectivity index (χ2v) is 6.43. The largest absolute Gasteiger partial charge is 0.496 e. The summed E-state index contributed by atoms with van der Waals surface area (Å²) < 4.78 is 12.6. The van der Waals surface area contributed by atoms with Gasteiger partial charge in [0.15, 0.2) is 0 Å². The molecule has 1 saturated heterocycles. The van der Waals surface area contributed by atoms with Gasteiger partial charge in [0.25, 0.3) is 0 Å². The number of imidazole rings is 1. The van der Waals surface area contributed by atoms with E-state index >= 15 is 0 Å². The van der Waals surface area contributed by atoms with E-state index in [4.69, 9.17) is 14.9 Å². The van der Waals surface area contributed by atoms with Crippen LogP contribution < -0.4 is 20.8 Å². The van der Waals surface area contributed by atoms with Crippen molar-refractivity contribution in [2.75, 3.05) is 45.5 Å². The van der Waals surface area contributed by atoms with Gasteiger partial charge in [0, 0.05) is 42.1 Å². The number of allylic oxidation sites excluding steroid dienone is 1. The highest BCUT2D eigenvalue weighted by molar-refractivity contribution is 6.12. The molecule has 0 amide bonds. The second kappa shape index (κ2) is 7.35. The van der Waals surface area contributed by atoms with E-state index in [9.17, 15) is 4.79 Å². The van der Waals surface area contributed by atoms with Crippen LogP contribution in [0.1, 0.15) is 5.56 Å². The number of rotatable bonds is 5. The van der Waals surface area contributed by atoms with Gasteiger partial charge in [-0.05, 0) is 6.07 Å². The summed E-state index contributed by atoms with van der Waals surface area (Å²) in [6, 6.07) is 3.75. The SMILES string of the molecule is CN/C=C(\C=N)c1cc2c(cc1OC)ncc1[nH]c(=O)n(N3CCOCC3)c12. The lowest BCUT2D eigenvalue weighted by molar-refractivity contribution is 0.111. The number of hydrogen-bond acceptors (Lipinski definition) is 7. The molecule has 146 valence electrons. The maximum absolute atomic E-state index is 12.7. The first-order valence-electron chi connectivity index (χ1n) is 9.00. The Morgan fingerprint density at radius 2 is 2.18 bits per heavy atom. The molecule has 0 unspecified atom stereocenters. The van der Waals surface area contributed by atoms with E-state index in [-0.39, 0.29) is 5.69 Å². The van der Waals surface area contributed by atoms with Crippen LogP contribution in [0.5, 0.6) is 5.75 Å². The van der Waals surface area contributed by atoms with Gasteiger partial charge in [0.05, 0.1) is 50.6 Å². The number of benzene rings is 1. The first-order chi connectivity index (χ1) is 13.7. The number of nitrogens with one attached hydrogen (secondary N) is 3. The molecule has 0 bridgehead atoms. The second-order valence-electron chi connectivity index (χ2n) is 6.43. The fourth-order valence-electron chi connectivity index (χ4n) is 3.57. The molecule has 1 fully saturated rings. The third kappa shape index (κ3) is 2.89. The number of H-pyrrole nitrogens is 1. The third-order valence-electron chi connectivity index (χ3n) is 4.84. The Morgan fingerprint density at radius 1 is 1.39 bits per heavy atom. The van der Waals surface area contributed by atoms with Crippen LogP contribution in [-0.2, 0) is 4.74 Å². The molecule has 4 rings (SSSR count). The lowest BCUT2D eigenvalue weighted by Gasteiger charge is -2.29. The van der Waals surface area contributed by atoms with Crippen LogP contribution in [-0.4, -0.2) is 61.3 Å². The average Bonchev–Trinajstić information content (AvgIpc) is 3.08. The summed E-state index contributed by atoms with van der Waals surface area (Å²) in [5.74, 6) is 0.611. The maximum atomic E-state index is 12.7. The van der Waals surface area contributed by atoms with Crippen molar-refractivity contribution < 1.29 is 9.47 Å².